The van der Waals surface area contributed by atoms with Crippen molar-refractivity contribution in [1.82, 2.24) is 5.32 Å². The second-order valence-electron chi connectivity index (χ2n) is 5.39. The van der Waals surface area contributed by atoms with E-state index in [9.17, 15) is 0 Å². The molecule has 1 N–H and O–H groups in total. The Kier molecular flexibility index (Phi) is 4.85. The van der Waals surface area contributed by atoms with Gasteiger partial charge >= 0.3 is 0 Å². The molecule has 2 rings (SSSR count). The molecule has 0 aliphatic carbocycles. The molecule has 2 aromatic rings. The number of hydrogen-bond donors (Lipinski definition) is 1. The molecule has 0 fully saturated rings. The van der Waals surface area contributed by atoms with Gasteiger partial charge in [0.2, 0.25) is 0 Å². The van der Waals surface area contributed by atoms with Gasteiger partial charge in [0, 0.05) is 5.02 Å². The number of hydrogen-bond acceptors (Lipinski definition) is 1. The molecule has 0 amide bonds. The predicted molar refractivity (Wildman–Crippen MR) is 87.6 cm³/mol. The van der Waals surface area contributed by atoms with E-state index >= 15 is 0 Å². The molecule has 20 heavy (non-hydrogen) atoms. The molecule has 1 unspecified atom stereocenters. The highest BCUT2D eigenvalue weighted by Crippen LogP contribution is 2.31. The van der Waals surface area contributed by atoms with Crippen molar-refractivity contribution in [3.63, 3.8) is 0 Å². The molecule has 0 heterocycles. The van der Waals surface area contributed by atoms with Crippen LogP contribution in [0.5, 0.6) is 0 Å². The zero-order valence-electron chi connectivity index (χ0n) is 12.6. The quantitative estimate of drug-likeness (QED) is 0.838. The van der Waals surface area contributed by atoms with Crippen LogP contribution in [0.2, 0.25) is 5.02 Å². The SMILES string of the molecule is CCNC(c1cc(C)cc(C)c1)c1cccc(C)c1Cl. The molecular weight excluding hydrogens is 266 g/mol. The van der Waals surface area contributed by atoms with Gasteiger partial charge < -0.3 is 5.32 Å². The van der Waals surface area contributed by atoms with Gasteiger partial charge in [0.1, 0.15) is 0 Å². The van der Waals surface area contributed by atoms with Crippen molar-refractivity contribution >= 4 is 11.6 Å². The van der Waals surface area contributed by atoms with E-state index in [1.54, 1.807) is 0 Å². The molecule has 0 spiro atoms. The average molecular weight is 288 g/mol. The van der Waals surface area contributed by atoms with Gasteiger partial charge in [-0.25, -0.2) is 0 Å². The maximum absolute atomic E-state index is 6.51. The summed E-state index contributed by atoms with van der Waals surface area (Å²) >= 11 is 6.51. The number of nitrogens with one attached hydrogen (secondary N) is 1. The van der Waals surface area contributed by atoms with Crippen molar-refractivity contribution in [2.45, 2.75) is 33.7 Å². The number of benzene rings is 2. The maximum Gasteiger partial charge on any atom is 0.0591 e. The van der Waals surface area contributed by atoms with E-state index < -0.39 is 0 Å². The first kappa shape index (κ1) is 15.1. The van der Waals surface area contributed by atoms with Crippen LogP contribution in [-0.2, 0) is 0 Å². The molecule has 0 radical (unpaired) electrons. The number of halogens is 1. The highest BCUT2D eigenvalue weighted by atomic mass is 35.5. The first-order valence-electron chi connectivity index (χ1n) is 7.09. The fourth-order valence-corrected chi connectivity index (χ4v) is 2.92. The van der Waals surface area contributed by atoms with Crippen LogP contribution in [0.25, 0.3) is 0 Å². The zero-order chi connectivity index (χ0) is 14.7. The second kappa shape index (κ2) is 6.43. The Bertz CT molecular complexity index is 584. The summed E-state index contributed by atoms with van der Waals surface area (Å²) in [7, 11) is 0. The molecule has 0 bridgehead atoms. The molecule has 2 heteroatoms. The van der Waals surface area contributed by atoms with Crippen LogP contribution in [0.15, 0.2) is 36.4 Å². The highest BCUT2D eigenvalue weighted by molar-refractivity contribution is 6.32. The van der Waals surface area contributed by atoms with Crippen molar-refractivity contribution < 1.29 is 0 Å². The normalized spacial score (nSPS) is 12.4. The van der Waals surface area contributed by atoms with Crippen molar-refractivity contribution in [3.8, 4) is 0 Å². The van der Waals surface area contributed by atoms with Crippen molar-refractivity contribution in [2.24, 2.45) is 0 Å². The second-order valence-corrected chi connectivity index (χ2v) is 5.77. The Morgan fingerprint density at radius 3 is 2.30 bits per heavy atom. The van der Waals surface area contributed by atoms with Crippen LogP contribution in [0.1, 0.15) is 40.8 Å². The van der Waals surface area contributed by atoms with Gasteiger partial charge in [-0.05, 0) is 44.0 Å². The van der Waals surface area contributed by atoms with Gasteiger partial charge in [0.25, 0.3) is 0 Å². The van der Waals surface area contributed by atoms with Gasteiger partial charge in [0.15, 0.2) is 0 Å². The molecule has 0 saturated carbocycles. The third-order valence-electron chi connectivity index (χ3n) is 3.52. The van der Waals surface area contributed by atoms with E-state index in [0.29, 0.717) is 0 Å². The van der Waals surface area contributed by atoms with Crippen LogP contribution in [-0.4, -0.2) is 6.54 Å². The van der Waals surface area contributed by atoms with Gasteiger partial charge in [-0.15, -0.1) is 0 Å². The minimum atomic E-state index is 0.144. The molecular formula is C18H22ClN. The van der Waals surface area contributed by atoms with E-state index in [2.05, 4.69) is 69.4 Å². The monoisotopic (exact) mass is 287 g/mol. The average Bonchev–Trinajstić information content (AvgIpc) is 2.38. The lowest BCUT2D eigenvalue weighted by molar-refractivity contribution is 0.629. The summed E-state index contributed by atoms with van der Waals surface area (Å²) in [5.41, 5.74) is 6.12. The molecule has 1 nitrogen and oxygen atoms in total. The van der Waals surface area contributed by atoms with Gasteiger partial charge in [0.05, 0.1) is 6.04 Å². The number of aryl methyl sites for hydroxylation is 3. The smallest absolute Gasteiger partial charge is 0.0591 e. The molecule has 1 atom stereocenters. The van der Waals surface area contributed by atoms with Crippen LogP contribution < -0.4 is 5.32 Å². The summed E-state index contributed by atoms with van der Waals surface area (Å²) in [5.74, 6) is 0. The van der Waals surface area contributed by atoms with Crippen LogP contribution in [0.3, 0.4) is 0 Å². The topological polar surface area (TPSA) is 12.0 Å². The summed E-state index contributed by atoms with van der Waals surface area (Å²) in [6.07, 6.45) is 0. The van der Waals surface area contributed by atoms with Crippen LogP contribution in [0.4, 0.5) is 0 Å². The maximum atomic E-state index is 6.51. The van der Waals surface area contributed by atoms with E-state index in [1.807, 2.05) is 0 Å². The fourth-order valence-electron chi connectivity index (χ4n) is 2.68. The Morgan fingerprint density at radius 1 is 1.05 bits per heavy atom. The van der Waals surface area contributed by atoms with Crippen LogP contribution >= 0.6 is 11.6 Å². The molecule has 0 aliphatic heterocycles. The minimum absolute atomic E-state index is 0.144. The molecule has 106 valence electrons. The molecule has 0 aromatic heterocycles. The first-order valence-corrected chi connectivity index (χ1v) is 7.47. The Balaban J connectivity index is 2.53. The van der Waals surface area contributed by atoms with Crippen molar-refractivity contribution in [1.29, 1.82) is 0 Å². The van der Waals surface area contributed by atoms with Crippen LogP contribution in [0, 0.1) is 20.8 Å². The lowest BCUT2D eigenvalue weighted by Gasteiger charge is -2.22. The summed E-state index contributed by atoms with van der Waals surface area (Å²) in [4.78, 5) is 0. The summed E-state index contributed by atoms with van der Waals surface area (Å²) in [5, 5.41) is 4.41. The summed E-state index contributed by atoms with van der Waals surface area (Å²) < 4.78 is 0. The predicted octanol–water partition coefficient (Wildman–Crippen LogP) is 4.96. The third-order valence-corrected chi connectivity index (χ3v) is 4.03. The largest absolute Gasteiger partial charge is 0.306 e. The fraction of sp³-hybridized carbons (Fsp3) is 0.333. The van der Waals surface area contributed by atoms with E-state index in [-0.39, 0.29) is 6.04 Å². The minimum Gasteiger partial charge on any atom is -0.306 e. The molecule has 0 aliphatic rings. The Labute approximate surface area is 127 Å². The van der Waals surface area contributed by atoms with Gasteiger partial charge in [-0.3, -0.25) is 0 Å². The Morgan fingerprint density at radius 2 is 1.70 bits per heavy atom. The van der Waals surface area contributed by atoms with Crippen molar-refractivity contribution in [2.75, 3.05) is 6.54 Å². The van der Waals surface area contributed by atoms with Crippen molar-refractivity contribution in [3.05, 3.63) is 69.2 Å². The Hall–Kier alpha value is -1.31. The summed E-state index contributed by atoms with van der Waals surface area (Å²) in [6, 6.07) is 13.0. The number of rotatable bonds is 4. The summed E-state index contributed by atoms with van der Waals surface area (Å²) in [6.45, 7) is 9.35. The first-order chi connectivity index (χ1) is 9.52. The lowest BCUT2D eigenvalue weighted by Crippen LogP contribution is -2.22. The molecule has 2 aromatic carbocycles. The van der Waals surface area contributed by atoms with E-state index in [1.165, 1.54) is 16.7 Å². The standard InChI is InChI=1S/C18H22ClN/c1-5-20-18(15-10-12(2)9-13(3)11-15)16-8-6-7-14(4)17(16)19/h6-11,18,20H,5H2,1-4H3. The molecule has 0 saturated heterocycles. The van der Waals surface area contributed by atoms with E-state index in [0.717, 1.165) is 22.7 Å². The lowest BCUT2D eigenvalue weighted by atomic mass is 9.94. The van der Waals surface area contributed by atoms with E-state index in [4.69, 9.17) is 11.6 Å². The third kappa shape index (κ3) is 3.23. The van der Waals surface area contributed by atoms with Gasteiger partial charge in [-0.1, -0.05) is 66.0 Å². The highest BCUT2D eigenvalue weighted by Gasteiger charge is 2.17. The zero-order valence-corrected chi connectivity index (χ0v) is 13.4. The van der Waals surface area contributed by atoms with Gasteiger partial charge in [-0.2, -0.15) is 0 Å².